The molecule has 3 aromatic rings. The molecular weight excluding hydrogens is 300 g/mol. The quantitative estimate of drug-likeness (QED) is 0.807. The van der Waals surface area contributed by atoms with E-state index >= 15 is 0 Å². The van der Waals surface area contributed by atoms with Gasteiger partial charge in [0.2, 0.25) is 5.91 Å². The zero-order valence-electron chi connectivity index (χ0n) is 13.5. The van der Waals surface area contributed by atoms with Gasteiger partial charge in [-0.3, -0.25) is 14.8 Å². The number of nitrogens with zero attached hydrogens (tertiary/aromatic N) is 3. The molecule has 1 unspecified atom stereocenters. The van der Waals surface area contributed by atoms with Gasteiger partial charge in [-0.15, -0.1) is 0 Å². The molecule has 1 fully saturated rings. The predicted molar refractivity (Wildman–Crippen MR) is 92.6 cm³/mol. The third-order valence-corrected chi connectivity index (χ3v) is 4.79. The van der Waals surface area contributed by atoms with E-state index in [2.05, 4.69) is 21.0 Å². The van der Waals surface area contributed by atoms with Crippen LogP contribution in [0.1, 0.15) is 30.0 Å². The maximum atomic E-state index is 12.8. The van der Waals surface area contributed by atoms with Crippen molar-refractivity contribution in [2.24, 2.45) is 0 Å². The first-order chi connectivity index (χ1) is 11.8. The van der Waals surface area contributed by atoms with Crippen LogP contribution in [0, 0.1) is 0 Å². The van der Waals surface area contributed by atoms with Gasteiger partial charge in [0, 0.05) is 54.7 Å². The number of carbonyl (C=O) groups excluding carboxylic acids is 1. The average molecular weight is 320 g/mol. The summed E-state index contributed by atoms with van der Waals surface area (Å²) in [6.07, 6.45) is 9.70. The van der Waals surface area contributed by atoms with Crippen LogP contribution in [0.2, 0.25) is 0 Å². The number of aromatic nitrogens is 3. The fourth-order valence-electron chi connectivity index (χ4n) is 3.52. The van der Waals surface area contributed by atoms with E-state index in [0.29, 0.717) is 12.3 Å². The van der Waals surface area contributed by atoms with Crippen molar-refractivity contribution in [3.8, 4) is 0 Å². The lowest BCUT2D eigenvalue weighted by Gasteiger charge is -2.32. The fourth-order valence-corrected chi connectivity index (χ4v) is 3.52. The van der Waals surface area contributed by atoms with Crippen LogP contribution in [0.5, 0.6) is 0 Å². The highest BCUT2D eigenvalue weighted by molar-refractivity contribution is 5.88. The first-order valence-electron chi connectivity index (χ1n) is 8.40. The molecule has 5 nitrogen and oxygen atoms in total. The highest BCUT2D eigenvalue weighted by atomic mass is 16.2. The van der Waals surface area contributed by atoms with Crippen LogP contribution < -0.4 is 0 Å². The molecule has 0 bridgehead atoms. The Morgan fingerprint density at radius 3 is 3.08 bits per heavy atom. The molecule has 1 N–H and O–H groups in total. The van der Waals surface area contributed by atoms with Gasteiger partial charge in [0.15, 0.2) is 0 Å². The SMILES string of the molecule is O=C(Cc1c[nH]c2ccccc12)N1CCCC(c2cnccn2)C1. The molecule has 1 aromatic carbocycles. The molecule has 0 radical (unpaired) electrons. The van der Waals surface area contributed by atoms with Crippen molar-refractivity contribution in [3.05, 3.63) is 60.3 Å². The molecule has 2 aromatic heterocycles. The number of carbonyl (C=O) groups is 1. The molecular formula is C19H20N4O. The molecule has 4 rings (SSSR count). The van der Waals surface area contributed by atoms with Crippen molar-refractivity contribution < 1.29 is 4.79 Å². The Balaban J connectivity index is 1.48. The number of benzene rings is 1. The molecule has 24 heavy (non-hydrogen) atoms. The molecule has 3 heterocycles. The fraction of sp³-hybridized carbons (Fsp3) is 0.316. The van der Waals surface area contributed by atoms with E-state index in [1.54, 1.807) is 12.4 Å². The summed E-state index contributed by atoms with van der Waals surface area (Å²) in [7, 11) is 0. The van der Waals surface area contributed by atoms with Crippen LogP contribution in [0.3, 0.4) is 0 Å². The summed E-state index contributed by atoms with van der Waals surface area (Å²) < 4.78 is 0. The Hall–Kier alpha value is -2.69. The van der Waals surface area contributed by atoms with Crippen LogP contribution >= 0.6 is 0 Å². The second-order valence-corrected chi connectivity index (χ2v) is 6.35. The van der Waals surface area contributed by atoms with E-state index in [0.717, 1.165) is 48.1 Å². The minimum Gasteiger partial charge on any atom is -0.361 e. The van der Waals surface area contributed by atoms with Gasteiger partial charge in [-0.05, 0) is 24.5 Å². The number of hydrogen-bond acceptors (Lipinski definition) is 3. The molecule has 1 aliphatic heterocycles. The van der Waals surface area contributed by atoms with E-state index in [1.165, 1.54) is 0 Å². The minimum atomic E-state index is 0.188. The lowest BCUT2D eigenvalue weighted by atomic mass is 9.94. The van der Waals surface area contributed by atoms with Crippen molar-refractivity contribution >= 4 is 16.8 Å². The number of piperidine rings is 1. The number of aromatic amines is 1. The van der Waals surface area contributed by atoms with Crippen molar-refractivity contribution in [2.45, 2.75) is 25.2 Å². The topological polar surface area (TPSA) is 61.9 Å². The van der Waals surface area contributed by atoms with Gasteiger partial charge in [0.1, 0.15) is 0 Å². The van der Waals surface area contributed by atoms with Gasteiger partial charge in [0.05, 0.1) is 12.1 Å². The van der Waals surface area contributed by atoms with E-state index < -0.39 is 0 Å². The number of para-hydroxylation sites is 1. The smallest absolute Gasteiger partial charge is 0.227 e. The Morgan fingerprint density at radius 1 is 1.29 bits per heavy atom. The van der Waals surface area contributed by atoms with Gasteiger partial charge in [-0.25, -0.2) is 0 Å². The number of nitrogens with one attached hydrogen (secondary N) is 1. The Labute approximate surface area is 140 Å². The van der Waals surface area contributed by atoms with E-state index in [1.807, 2.05) is 35.5 Å². The van der Waals surface area contributed by atoms with E-state index in [-0.39, 0.29) is 5.91 Å². The van der Waals surface area contributed by atoms with Crippen LogP contribution in [-0.4, -0.2) is 38.8 Å². The zero-order chi connectivity index (χ0) is 16.4. The van der Waals surface area contributed by atoms with Gasteiger partial charge in [0.25, 0.3) is 0 Å². The number of likely N-dealkylation sites (tertiary alicyclic amines) is 1. The van der Waals surface area contributed by atoms with Crippen molar-refractivity contribution in [1.29, 1.82) is 0 Å². The van der Waals surface area contributed by atoms with Crippen LogP contribution in [-0.2, 0) is 11.2 Å². The first-order valence-corrected chi connectivity index (χ1v) is 8.40. The van der Waals surface area contributed by atoms with Gasteiger partial charge in [-0.2, -0.15) is 0 Å². The summed E-state index contributed by atoms with van der Waals surface area (Å²) in [6.45, 7) is 1.57. The molecule has 1 saturated heterocycles. The summed E-state index contributed by atoms with van der Waals surface area (Å²) in [6, 6.07) is 8.11. The van der Waals surface area contributed by atoms with Gasteiger partial charge in [-0.1, -0.05) is 18.2 Å². The highest BCUT2D eigenvalue weighted by Gasteiger charge is 2.26. The summed E-state index contributed by atoms with van der Waals surface area (Å²) >= 11 is 0. The number of hydrogen-bond donors (Lipinski definition) is 1. The summed E-state index contributed by atoms with van der Waals surface area (Å²) in [4.78, 5) is 26.5. The number of amides is 1. The van der Waals surface area contributed by atoms with Crippen LogP contribution in [0.15, 0.2) is 49.1 Å². The number of rotatable bonds is 3. The Morgan fingerprint density at radius 2 is 2.21 bits per heavy atom. The second kappa shape index (κ2) is 6.43. The maximum absolute atomic E-state index is 12.8. The monoisotopic (exact) mass is 320 g/mol. The molecule has 1 amide bonds. The number of fused-ring (bicyclic) bond motifs is 1. The largest absolute Gasteiger partial charge is 0.361 e. The lowest BCUT2D eigenvalue weighted by molar-refractivity contribution is -0.131. The zero-order valence-corrected chi connectivity index (χ0v) is 13.5. The third kappa shape index (κ3) is 2.89. The normalized spacial score (nSPS) is 18.0. The summed E-state index contributed by atoms with van der Waals surface area (Å²) in [5, 5.41) is 1.13. The highest BCUT2D eigenvalue weighted by Crippen LogP contribution is 2.26. The molecule has 0 saturated carbocycles. The summed E-state index contributed by atoms with van der Waals surface area (Å²) in [5.41, 5.74) is 3.13. The molecule has 1 aliphatic rings. The second-order valence-electron chi connectivity index (χ2n) is 6.35. The standard InChI is InChI=1S/C19H20N4O/c24-19(10-15-11-22-17-6-2-1-5-16(15)17)23-9-3-4-14(13-23)18-12-20-7-8-21-18/h1-2,5-8,11-12,14,22H,3-4,9-10,13H2. The first kappa shape index (κ1) is 14.9. The Kier molecular flexibility index (Phi) is 3.99. The van der Waals surface area contributed by atoms with Gasteiger partial charge < -0.3 is 9.88 Å². The molecule has 0 aliphatic carbocycles. The third-order valence-electron chi connectivity index (χ3n) is 4.79. The van der Waals surface area contributed by atoms with Crippen LogP contribution in [0.25, 0.3) is 10.9 Å². The maximum Gasteiger partial charge on any atom is 0.227 e. The Bertz CT molecular complexity index is 843. The van der Waals surface area contributed by atoms with Crippen molar-refractivity contribution in [3.63, 3.8) is 0 Å². The number of H-pyrrole nitrogens is 1. The molecule has 5 heteroatoms. The minimum absolute atomic E-state index is 0.188. The lowest BCUT2D eigenvalue weighted by Crippen LogP contribution is -2.40. The van der Waals surface area contributed by atoms with Crippen molar-refractivity contribution in [1.82, 2.24) is 19.9 Å². The molecule has 122 valence electrons. The van der Waals surface area contributed by atoms with Gasteiger partial charge >= 0.3 is 0 Å². The molecule has 1 atom stereocenters. The van der Waals surface area contributed by atoms with E-state index in [9.17, 15) is 4.79 Å². The van der Waals surface area contributed by atoms with Crippen molar-refractivity contribution in [2.75, 3.05) is 13.1 Å². The predicted octanol–water partition coefficient (Wildman–Crippen LogP) is 2.91. The molecule has 0 spiro atoms. The summed E-state index contributed by atoms with van der Waals surface area (Å²) in [5.74, 6) is 0.479. The van der Waals surface area contributed by atoms with Crippen LogP contribution in [0.4, 0.5) is 0 Å². The average Bonchev–Trinajstić information content (AvgIpc) is 3.06. The van der Waals surface area contributed by atoms with E-state index in [4.69, 9.17) is 0 Å².